The summed E-state index contributed by atoms with van der Waals surface area (Å²) < 4.78 is 1.95. The number of aromatic nitrogens is 4. The first-order valence-electron chi connectivity index (χ1n) is 12.9. The Bertz CT molecular complexity index is 1470. The number of hydrogen-bond acceptors (Lipinski definition) is 4. The lowest BCUT2D eigenvalue weighted by molar-refractivity contribution is 0.0750. The van der Waals surface area contributed by atoms with Crippen LogP contribution in [-0.4, -0.2) is 30.4 Å². The van der Waals surface area contributed by atoms with Gasteiger partial charge in [0.2, 0.25) is 5.65 Å². The van der Waals surface area contributed by atoms with E-state index >= 15 is 0 Å². The second-order valence-corrected chi connectivity index (χ2v) is 10.1. The van der Waals surface area contributed by atoms with Crippen molar-refractivity contribution in [1.29, 1.82) is 0 Å². The second-order valence-electron chi connectivity index (χ2n) is 10.1. The van der Waals surface area contributed by atoms with Crippen molar-refractivity contribution in [2.45, 2.75) is 77.3 Å². The number of carbonyl (C=O) groups is 1. The summed E-state index contributed by atoms with van der Waals surface area (Å²) in [5.41, 5.74) is 5.81. The van der Waals surface area contributed by atoms with Gasteiger partial charge in [0.1, 0.15) is 5.82 Å². The largest absolute Gasteiger partial charge is 0.330 e. The molecule has 4 aromatic rings. The summed E-state index contributed by atoms with van der Waals surface area (Å²) in [5.74, 6) is 1.52. The standard InChI is InChI=1S/C28H31N5O2/c1-3-7-18(8-4-2)25-30-31-26-27(34)29-23-13-22(21(17-11-12-17)14-24(23)33(25)26)28(35)32-15-19-9-5-6-10-20(19)16-32/h5-6,9-10,13-14,17-18H,3-4,7-8,11-12,15-16H2,1-2H3,(H,29,34). The van der Waals surface area contributed by atoms with Gasteiger partial charge in [-0.3, -0.25) is 14.0 Å². The molecular formula is C28H31N5O2. The molecule has 6 rings (SSSR count). The van der Waals surface area contributed by atoms with Crippen molar-refractivity contribution < 1.29 is 4.79 Å². The first-order chi connectivity index (χ1) is 17.1. The molecule has 180 valence electrons. The van der Waals surface area contributed by atoms with E-state index < -0.39 is 0 Å². The Kier molecular flexibility index (Phi) is 5.43. The number of nitrogens with zero attached hydrogens (tertiary/aromatic N) is 4. The van der Waals surface area contributed by atoms with Gasteiger partial charge in [0.25, 0.3) is 11.5 Å². The summed E-state index contributed by atoms with van der Waals surface area (Å²) in [7, 11) is 0. The van der Waals surface area contributed by atoms with E-state index in [9.17, 15) is 9.59 Å². The van der Waals surface area contributed by atoms with Crippen molar-refractivity contribution in [1.82, 2.24) is 24.5 Å². The highest BCUT2D eigenvalue weighted by Gasteiger charge is 2.33. The summed E-state index contributed by atoms with van der Waals surface area (Å²) in [6, 6.07) is 12.2. The molecule has 3 heterocycles. The summed E-state index contributed by atoms with van der Waals surface area (Å²) in [5, 5.41) is 8.78. The maximum absolute atomic E-state index is 13.8. The maximum atomic E-state index is 13.8. The van der Waals surface area contributed by atoms with Crippen LogP contribution in [0.4, 0.5) is 0 Å². The van der Waals surface area contributed by atoms with Crippen molar-refractivity contribution >= 4 is 22.6 Å². The molecule has 2 aromatic heterocycles. The zero-order valence-electron chi connectivity index (χ0n) is 20.4. The van der Waals surface area contributed by atoms with Crippen molar-refractivity contribution in [3.8, 4) is 0 Å². The number of H-pyrrole nitrogens is 1. The Morgan fingerprint density at radius 1 is 1.06 bits per heavy atom. The van der Waals surface area contributed by atoms with Gasteiger partial charge in [-0.25, -0.2) is 0 Å². The van der Waals surface area contributed by atoms with Gasteiger partial charge in [0.15, 0.2) is 0 Å². The second kappa shape index (κ2) is 8.63. The molecular weight excluding hydrogens is 438 g/mol. The van der Waals surface area contributed by atoms with Crippen molar-refractivity contribution in [2.24, 2.45) is 0 Å². The Labute approximate surface area is 204 Å². The van der Waals surface area contributed by atoms with E-state index in [-0.39, 0.29) is 17.4 Å². The fourth-order valence-electron chi connectivity index (χ4n) is 5.68. The van der Waals surface area contributed by atoms with Crippen LogP contribution < -0.4 is 5.56 Å². The van der Waals surface area contributed by atoms with Crippen LogP contribution in [0.5, 0.6) is 0 Å². The number of benzene rings is 2. The van der Waals surface area contributed by atoms with Gasteiger partial charge >= 0.3 is 0 Å². The molecule has 35 heavy (non-hydrogen) atoms. The molecule has 0 saturated heterocycles. The van der Waals surface area contributed by atoms with Crippen molar-refractivity contribution in [3.63, 3.8) is 0 Å². The van der Waals surface area contributed by atoms with Crippen molar-refractivity contribution in [3.05, 3.63) is 74.8 Å². The molecule has 1 aliphatic heterocycles. The molecule has 1 N–H and O–H groups in total. The average molecular weight is 470 g/mol. The first kappa shape index (κ1) is 22.0. The van der Waals surface area contributed by atoms with E-state index in [1.807, 2.05) is 27.5 Å². The van der Waals surface area contributed by atoms with Crippen molar-refractivity contribution in [2.75, 3.05) is 0 Å². The molecule has 0 bridgehead atoms. The van der Waals surface area contributed by atoms with Crippen LogP contribution in [-0.2, 0) is 13.1 Å². The topological polar surface area (TPSA) is 83.4 Å². The quantitative estimate of drug-likeness (QED) is 0.399. The highest BCUT2D eigenvalue weighted by molar-refractivity contribution is 6.00. The third-order valence-corrected chi connectivity index (χ3v) is 7.56. The molecule has 7 heteroatoms. The van der Waals surface area contributed by atoms with Crippen LogP contribution in [0.15, 0.2) is 41.2 Å². The number of amides is 1. The minimum absolute atomic E-state index is 0.0322. The third-order valence-electron chi connectivity index (χ3n) is 7.56. The maximum Gasteiger partial charge on any atom is 0.294 e. The number of carbonyl (C=O) groups excluding carboxylic acids is 1. The molecule has 7 nitrogen and oxygen atoms in total. The van der Waals surface area contributed by atoms with E-state index in [4.69, 9.17) is 0 Å². The lowest BCUT2D eigenvalue weighted by Crippen LogP contribution is -2.26. The molecule has 1 saturated carbocycles. The number of fused-ring (bicyclic) bond motifs is 4. The van der Waals surface area contributed by atoms with Gasteiger partial charge < -0.3 is 9.88 Å². The number of rotatable bonds is 7. The molecule has 0 radical (unpaired) electrons. The predicted molar refractivity (Wildman–Crippen MR) is 136 cm³/mol. The number of nitrogens with one attached hydrogen (secondary N) is 1. The predicted octanol–water partition coefficient (Wildman–Crippen LogP) is 5.29. The van der Waals surface area contributed by atoms with E-state index in [0.29, 0.717) is 35.7 Å². The minimum Gasteiger partial charge on any atom is -0.330 e. The Balaban J connectivity index is 1.50. The van der Waals surface area contributed by atoms with E-state index in [0.717, 1.165) is 55.4 Å². The molecule has 0 spiro atoms. The summed E-state index contributed by atoms with van der Waals surface area (Å²) in [6.45, 7) is 5.60. The highest BCUT2D eigenvalue weighted by Crippen LogP contribution is 2.43. The smallest absolute Gasteiger partial charge is 0.294 e. The van der Waals surface area contributed by atoms with Crippen LogP contribution in [0.2, 0.25) is 0 Å². The van der Waals surface area contributed by atoms with E-state index in [1.165, 1.54) is 11.1 Å². The highest BCUT2D eigenvalue weighted by atomic mass is 16.2. The SMILES string of the molecule is CCCC(CCC)c1nnc2c(=O)[nH]c3cc(C(=O)N4Cc5ccccc5C4)c(C4CC4)cc3n12. The molecule has 2 aliphatic rings. The molecule has 2 aromatic carbocycles. The lowest BCUT2D eigenvalue weighted by atomic mass is 9.97. The zero-order chi connectivity index (χ0) is 24.1. The summed E-state index contributed by atoms with van der Waals surface area (Å²) in [4.78, 5) is 31.6. The van der Waals surface area contributed by atoms with Crippen LogP contribution >= 0.6 is 0 Å². The Morgan fingerprint density at radius 2 is 1.74 bits per heavy atom. The lowest BCUT2D eigenvalue weighted by Gasteiger charge is -2.19. The molecule has 1 aliphatic carbocycles. The van der Waals surface area contributed by atoms with Crippen LogP contribution in [0, 0.1) is 0 Å². The summed E-state index contributed by atoms with van der Waals surface area (Å²) >= 11 is 0. The minimum atomic E-state index is -0.269. The zero-order valence-corrected chi connectivity index (χ0v) is 20.4. The van der Waals surface area contributed by atoms with Crippen LogP contribution in [0.1, 0.15) is 97.1 Å². The molecule has 1 fully saturated rings. The third kappa shape index (κ3) is 3.74. The number of hydrogen-bond donors (Lipinski definition) is 1. The number of aromatic amines is 1. The average Bonchev–Trinajstić information content (AvgIpc) is 3.45. The van der Waals surface area contributed by atoms with Crippen LogP contribution in [0.3, 0.4) is 0 Å². The van der Waals surface area contributed by atoms with E-state index in [2.05, 4.69) is 47.2 Å². The Hall–Kier alpha value is -3.48. The van der Waals surface area contributed by atoms with E-state index in [1.54, 1.807) is 0 Å². The summed E-state index contributed by atoms with van der Waals surface area (Å²) in [6.07, 6.45) is 6.27. The van der Waals surface area contributed by atoms with Gasteiger partial charge in [0, 0.05) is 24.6 Å². The normalized spacial score (nSPS) is 15.5. The van der Waals surface area contributed by atoms with Gasteiger partial charge in [-0.1, -0.05) is 51.0 Å². The monoisotopic (exact) mass is 469 g/mol. The molecule has 0 unspecified atom stereocenters. The molecule has 0 atom stereocenters. The fraction of sp³-hybridized carbons (Fsp3) is 0.429. The van der Waals surface area contributed by atoms with Crippen LogP contribution in [0.25, 0.3) is 16.7 Å². The molecule has 1 amide bonds. The first-order valence-corrected chi connectivity index (χ1v) is 12.9. The fourth-order valence-corrected chi connectivity index (χ4v) is 5.68. The van der Waals surface area contributed by atoms with Gasteiger partial charge in [-0.05, 0) is 60.4 Å². The van der Waals surface area contributed by atoms with Gasteiger partial charge in [0.05, 0.1) is 11.0 Å². The Morgan fingerprint density at radius 3 is 2.37 bits per heavy atom. The van der Waals surface area contributed by atoms with Gasteiger partial charge in [-0.2, -0.15) is 0 Å². The van der Waals surface area contributed by atoms with Gasteiger partial charge in [-0.15, -0.1) is 10.2 Å².